The summed E-state index contributed by atoms with van der Waals surface area (Å²) in [6, 6.07) is 7.08. The third-order valence-electron chi connectivity index (χ3n) is 5.19. The van der Waals surface area contributed by atoms with E-state index < -0.39 is 0 Å². The fourth-order valence-corrected chi connectivity index (χ4v) is 4.44. The van der Waals surface area contributed by atoms with Crippen LogP contribution in [0.5, 0.6) is 5.75 Å². The largest absolute Gasteiger partial charge is 0.497 e. The quantitative estimate of drug-likeness (QED) is 0.683. The lowest BCUT2D eigenvalue weighted by Crippen LogP contribution is -2.52. The number of ether oxygens (including phenoxy) is 1. The number of thiophene rings is 1. The van der Waals surface area contributed by atoms with Crippen molar-refractivity contribution in [1.82, 2.24) is 9.80 Å². The maximum atomic E-state index is 14.3. The molecule has 0 unspecified atom stereocenters. The van der Waals surface area contributed by atoms with Crippen LogP contribution in [0.25, 0.3) is 0 Å². The van der Waals surface area contributed by atoms with Crippen LogP contribution in [0.3, 0.4) is 0 Å². The van der Waals surface area contributed by atoms with Crippen LogP contribution in [0, 0.1) is 5.82 Å². The lowest BCUT2D eigenvalue weighted by atomic mass is 10.1. The van der Waals surface area contributed by atoms with Gasteiger partial charge in [-0.05, 0) is 36.4 Å². The predicted octanol–water partition coefficient (Wildman–Crippen LogP) is 3.17. The highest BCUT2D eigenvalue weighted by Crippen LogP contribution is 2.23. The molecule has 152 valence electrons. The van der Waals surface area contributed by atoms with Crippen molar-refractivity contribution in [3.63, 3.8) is 0 Å². The summed E-state index contributed by atoms with van der Waals surface area (Å²) in [6.07, 6.45) is 0.649. The Morgan fingerprint density at radius 1 is 1.32 bits per heavy atom. The van der Waals surface area contributed by atoms with Gasteiger partial charge in [0.2, 0.25) is 0 Å². The second-order valence-corrected chi connectivity index (χ2v) is 8.12. The number of hydrogen-bond acceptors (Lipinski definition) is 6. The first-order valence-electron chi connectivity index (χ1n) is 9.48. The van der Waals surface area contributed by atoms with Crippen LogP contribution in [0.4, 0.5) is 4.39 Å². The molecule has 1 aromatic carbocycles. The summed E-state index contributed by atoms with van der Waals surface area (Å²) in [5.41, 5.74) is 1.79. The standard InChI is InChI=1S/C21H27FN2O3S/c1-15(26)21-9-16(14-28-21)11-23-6-7-24(18(13-23)5-8-25)12-17-3-4-19(27-2)10-20(17)22/h3-4,9-10,14,18,25H,5-8,11-13H2,1-2H3/t18-/m1/s1. The molecule has 7 heteroatoms. The molecule has 0 saturated carbocycles. The Labute approximate surface area is 169 Å². The van der Waals surface area contributed by atoms with Gasteiger partial charge in [0.1, 0.15) is 11.6 Å². The van der Waals surface area contributed by atoms with Crippen molar-refractivity contribution < 1.29 is 19.0 Å². The van der Waals surface area contributed by atoms with Crippen LogP contribution in [0.2, 0.25) is 0 Å². The number of nitrogens with zero attached hydrogens (tertiary/aromatic N) is 2. The summed E-state index contributed by atoms with van der Waals surface area (Å²) in [7, 11) is 1.53. The number of benzene rings is 1. The van der Waals surface area contributed by atoms with E-state index in [0.29, 0.717) is 24.3 Å². The Hall–Kier alpha value is -1.80. The van der Waals surface area contributed by atoms with E-state index in [1.165, 1.54) is 24.5 Å². The molecule has 28 heavy (non-hydrogen) atoms. The molecule has 1 aliphatic rings. The van der Waals surface area contributed by atoms with Gasteiger partial charge >= 0.3 is 0 Å². The van der Waals surface area contributed by atoms with Crippen molar-refractivity contribution >= 4 is 17.1 Å². The number of Topliss-reactive ketones (excluding diaryl/α,β-unsaturated/α-hetero) is 1. The molecule has 2 aromatic rings. The highest BCUT2D eigenvalue weighted by atomic mass is 32.1. The zero-order chi connectivity index (χ0) is 20.1. The Kier molecular flexibility index (Phi) is 7.18. The number of ketones is 1. The minimum absolute atomic E-state index is 0.0979. The summed E-state index contributed by atoms with van der Waals surface area (Å²) in [4.78, 5) is 16.9. The molecule has 1 saturated heterocycles. The highest BCUT2D eigenvalue weighted by Gasteiger charge is 2.27. The number of rotatable bonds is 8. The van der Waals surface area contributed by atoms with Gasteiger partial charge in [0.05, 0.1) is 12.0 Å². The van der Waals surface area contributed by atoms with E-state index in [1.807, 2.05) is 11.4 Å². The first kappa shape index (κ1) is 20.9. The fraction of sp³-hybridized carbons (Fsp3) is 0.476. The van der Waals surface area contributed by atoms with E-state index in [2.05, 4.69) is 9.80 Å². The number of carbonyl (C=O) groups is 1. The van der Waals surface area contributed by atoms with Crippen molar-refractivity contribution in [3.8, 4) is 5.75 Å². The Bertz CT molecular complexity index is 811. The van der Waals surface area contributed by atoms with Crippen LogP contribution in [0.1, 0.15) is 34.1 Å². The van der Waals surface area contributed by atoms with Crippen LogP contribution in [-0.4, -0.2) is 60.1 Å². The number of piperazine rings is 1. The maximum absolute atomic E-state index is 14.3. The van der Waals surface area contributed by atoms with Gasteiger partial charge < -0.3 is 9.84 Å². The SMILES string of the molecule is COc1ccc(CN2CCN(Cc3csc(C(C)=O)c3)C[C@H]2CCO)c(F)c1. The lowest BCUT2D eigenvalue weighted by Gasteiger charge is -2.41. The molecule has 1 atom stereocenters. The summed E-state index contributed by atoms with van der Waals surface area (Å²) in [6.45, 7) is 5.48. The summed E-state index contributed by atoms with van der Waals surface area (Å²) in [5.74, 6) is 0.346. The Morgan fingerprint density at radius 3 is 2.79 bits per heavy atom. The van der Waals surface area contributed by atoms with Crippen molar-refractivity contribution in [2.24, 2.45) is 0 Å². The molecule has 2 heterocycles. The molecule has 5 nitrogen and oxygen atoms in total. The predicted molar refractivity (Wildman–Crippen MR) is 108 cm³/mol. The number of halogens is 1. The number of methoxy groups -OCH3 is 1. The zero-order valence-electron chi connectivity index (χ0n) is 16.4. The molecule has 0 spiro atoms. The molecule has 0 amide bonds. The monoisotopic (exact) mass is 406 g/mol. The molecular weight excluding hydrogens is 379 g/mol. The average molecular weight is 407 g/mol. The van der Waals surface area contributed by atoms with Gasteiger partial charge in [-0.1, -0.05) is 6.07 Å². The van der Waals surface area contributed by atoms with E-state index in [4.69, 9.17) is 4.74 Å². The normalized spacial score (nSPS) is 18.4. The number of aliphatic hydroxyl groups is 1. The van der Waals surface area contributed by atoms with E-state index >= 15 is 0 Å². The van der Waals surface area contributed by atoms with Gasteiger partial charge in [0.15, 0.2) is 5.78 Å². The van der Waals surface area contributed by atoms with Crippen molar-refractivity contribution in [2.45, 2.75) is 32.5 Å². The summed E-state index contributed by atoms with van der Waals surface area (Å²) < 4.78 is 19.4. The van der Waals surface area contributed by atoms with Gasteiger partial charge in [-0.3, -0.25) is 14.6 Å². The summed E-state index contributed by atoms with van der Waals surface area (Å²) in [5, 5.41) is 11.5. The minimum Gasteiger partial charge on any atom is -0.497 e. The van der Waals surface area contributed by atoms with Crippen molar-refractivity contribution in [3.05, 3.63) is 51.5 Å². The zero-order valence-corrected chi connectivity index (χ0v) is 17.2. The van der Waals surface area contributed by atoms with Crippen LogP contribution < -0.4 is 4.74 Å². The van der Waals surface area contributed by atoms with Gasteiger partial charge in [0, 0.05) is 57.0 Å². The van der Waals surface area contributed by atoms with E-state index in [-0.39, 0.29) is 24.2 Å². The topological polar surface area (TPSA) is 53.0 Å². The van der Waals surface area contributed by atoms with Gasteiger partial charge in [-0.25, -0.2) is 4.39 Å². The molecular formula is C21H27FN2O3S. The molecule has 1 aliphatic heterocycles. The van der Waals surface area contributed by atoms with E-state index in [9.17, 15) is 14.3 Å². The number of hydrogen-bond donors (Lipinski definition) is 1. The second-order valence-electron chi connectivity index (χ2n) is 7.20. The Balaban J connectivity index is 1.64. The van der Waals surface area contributed by atoms with Gasteiger partial charge in [-0.2, -0.15) is 0 Å². The molecule has 0 aliphatic carbocycles. The van der Waals surface area contributed by atoms with Crippen molar-refractivity contribution in [1.29, 1.82) is 0 Å². The average Bonchev–Trinajstić information content (AvgIpc) is 3.14. The fourth-order valence-electron chi connectivity index (χ4n) is 3.64. The van der Waals surface area contributed by atoms with Crippen LogP contribution >= 0.6 is 11.3 Å². The molecule has 1 N–H and O–H groups in total. The van der Waals surface area contributed by atoms with Gasteiger partial charge in [0.25, 0.3) is 0 Å². The van der Waals surface area contributed by atoms with Crippen LogP contribution in [0.15, 0.2) is 29.6 Å². The smallest absolute Gasteiger partial charge is 0.169 e. The third kappa shape index (κ3) is 5.17. The molecule has 1 fully saturated rings. The number of aliphatic hydroxyl groups excluding tert-OH is 1. The highest BCUT2D eigenvalue weighted by molar-refractivity contribution is 7.12. The first-order chi connectivity index (χ1) is 13.5. The third-order valence-corrected chi connectivity index (χ3v) is 6.27. The van der Waals surface area contributed by atoms with E-state index in [0.717, 1.165) is 36.6 Å². The number of carbonyl (C=O) groups excluding carboxylic acids is 1. The molecule has 1 aromatic heterocycles. The molecule has 0 radical (unpaired) electrons. The van der Waals surface area contributed by atoms with E-state index in [1.54, 1.807) is 19.1 Å². The van der Waals surface area contributed by atoms with Crippen molar-refractivity contribution in [2.75, 3.05) is 33.4 Å². The molecule has 3 rings (SSSR count). The maximum Gasteiger partial charge on any atom is 0.169 e. The molecule has 0 bridgehead atoms. The van der Waals surface area contributed by atoms with Gasteiger partial charge in [-0.15, -0.1) is 11.3 Å². The first-order valence-corrected chi connectivity index (χ1v) is 10.4. The second kappa shape index (κ2) is 9.60. The lowest BCUT2D eigenvalue weighted by molar-refractivity contribution is 0.0493. The minimum atomic E-state index is -0.264. The Morgan fingerprint density at radius 2 is 2.14 bits per heavy atom. The van der Waals surface area contributed by atoms with Crippen LogP contribution in [-0.2, 0) is 13.1 Å². The summed E-state index contributed by atoms with van der Waals surface area (Å²) >= 11 is 1.49.